The van der Waals surface area contributed by atoms with E-state index >= 15 is 0 Å². The smallest absolute Gasteiger partial charge is 0.407 e. The average molecular weight is 607 g/mol. The van der Waals surface area contributed by atoms with Crippen LogP contribution in [0.15, 0.2) is 35.2 Å². The van der Waals surface area contributed by atoms with Gasteiger partial charge < -0.3 is 39.0 Å². The summed E-state index contributed by atoms with van der Waals surface area (Å²) < 4.78 is 57.1. The molecule has 1 aromatic rings. The van der Waals surface area contributed by atoms with Gasteiger partial charge in [-0.2, -0.15) is 4.31 Å². The first-order valence-corrected chi connectivity index (χ1v) is 15.7. The summed E-state index contributed by atoms with van der Waals surface area (Å²) in [5.41, 5.74) is 0. The van der Waals surface area contributed by atoms with Crippen LogP contribution in [0, 0.1) is 5.92 Å². The Labute approximate surface area is 246 Å². The van der Waals surface area contributed by atoms with Crippen molar-refractivity contribution in [1.82, 2.24) is 14.5 Å². The number of aliphatic hydroxyl groups is 1. The number of nitrogens with one attached hydrogen (secondary N) is 1. The summed E-state index contributed by atoms with van der Waals surface area (Å²) in [5, 5.41) is 13.8. The number of ether oxygens (including phenoxy) is 5. The number of carbonyl (C=O) groups is 2. The van der Waals surface area contributed by atoms with Crippen LogP contribution in [0.3, 0.4) is 0 Å². The van der Waals surface area contributed by atoms with Crippen molar-refractivity contribution in [3.63, 3.8) is 0 Å². The van der Waals surface area contributed by atoms with Gasteiger partial charge in [-0.3, -0.25) is 4.79 Å². The molecule has 230 valence electrons. The highest BCUT2D eigenvalue weighted by molar-refractivity contribution is 7.89. The van der Waals surface area contributed by atoms with E-state index in [9.17, 15) is 23.1 Å². The first-order chi connectivity index (χ1) is 20.2. The summed E-state index contributed by atoms with van der Waals surface area (Å²) >= 11 is 0. The summed E-state index contributed by atoms with van der Waals surface area (Å²) in [6.45, 7) is 0.956. The summed E-state index contributed by atoms with van der Waals surface area (Å²) in [7, 11) is -1.18. The minimum Gasteiger partial charge on any atom is -0.497 e. The van der Waals surface area contributed by atoms with Crippen molar-refractivity contribution in [3.8, 4) is 11.5 Å². The Bertz CT molecular complexity index is 1280. The fourth-order valence-electron chi connectivity index (χ4n) is 5.73. The molecule has 0 spiro atoms. The fraction of sp³-hybridized carbons (Fsp3) is 0.630. The molecule has 1 unspecified atom stereocenters. The quantitative estimate of drug-likeness (QED) is 0.329. The molecular formula is C27H38BN3O10S. The number of amides is 2. The van der Waals surface area contributed by atoms with E-state index in [2.05, 4.69) is 5.32 Å². The van der Waals surface area contributed by atoms with Crippen LogP contribution < -0.4 is 14.8 Å². The minimum absolute atomic E-state index is 0.0376. The van der Waals surface area contributed by atoms with Crippen molar-refractivity contribution in [3.05, 3.63) is 30.4 Å². The molecule has 1 aromatic carbocycles. The van der Waals surface area contributed by atoms with E-state index in [0.717, 1.165) is 6.42 Å². The van der Waals surface area contributed by atoms with Crippen molar-refractivity contribution >= 4 is 29.9 Å². The van der Waals surface area contributed by atoms with E-state index in [1.54, 1.807) is 12.7 Å². The second-order valence-electron chi connectivity index (χ2n) is 11.0. The van der Waals surface area contributed by atoms with Gasteiger partial charge in [0.15, 0.2) is 6.29 Å². The predicted octanol–water partition coefficient (Wildman–Crippen LogP) is -0.177. The van der Waals surface area contributed by atoms with Crippen LogP contribution in [0.1, 0.15) is 25.7 Å². The van der Waals surface area contributed by atoms with E-state index in [-0.39, 0.29) is 61.1 Å². The number of fused-ring (bicyclic) bond motifs is 3. The maximum atomic E-state index is 14.1. The van der Waals surface area contributed by atoms with E-state index in [1.165, 1.54) is 29.6 Å². The molecule has 4 aliphatic rings. The second-order valence-corrected chi connectivity index (χ2v) is 12.9. The average Bonchev–Trinajstić information content (AvgIpc) is 3.67. The lowest BCUT2D eigenvalue weighted by Gasteiger charge is -2.32. The lowest BCUT2D eigenvalue weighted by atomic mass is 9.91. The fourth-order valence-corrected chi connectivity index (χ4v) is 7.34. The Kier molecular flexibility index (Phi) is 9.62. The Morgan fingerprint density at radius 3 is 2.88 bits per heavy atom. The molecule has 15 heteroatoms. The Balaban J connectivity index is 1.35. The normalized spacial score (nSPS) is 29.9. The lowest BCUT2D eigenvalue weighted by molar-refractivity contribution is -0.128. The number of alkyl carbamates (subject to hydrolysis) is 1. The molecule has 2 amide bonds. The van der Waals surface area contributed by atoms with Gasteiger partial charge >= 0.3 is 6.09 Å². The second kappa shape index (κ2) is 13.2. The lowest BCUT2D eigenvalue weighted by Crippen LogP contribution is -2.52. The summed E-state index contributed by atoms with van der Waals surface area (Å²) in [6, 6.07) is 4.08. The molecular weight excluding hydrogens is 569 g/mol. The van der Waals surface area contributed by atoms with Gasteiger partial charge in [-0.25, -0.2) is 13.2 Å². The Hall–Kier alpha value is -2.85. The van der Waals surface area contributed by atoms with Crippen LogP contribution in [0.2, 0.25) is 0 Å². The number of hydrogen-bond acceptors (Lipinski definition) is 10. The van der Waals surface area contributed by atoms with E-state index in [4.69, 9.17) is 23.7 Å². The Morgan fingerprint density at radius 2 is 2.07 bits per heavy atom. The zero-order chi connectivity index (χ0) is 29.9. The van der Waals surface area contributed by atoms with Crippen LogP contribution in [0.5, 0.6) is 11.5 Å². The predicted molar refractivity (Wildman–Crippen MR) is 151 cm³/mol. The molecule has 13 nitrogen and oxygen atoms in total. The largest absolute Gasteiger partial charge is 0.497 e. The monoisotopic (exact) mass is 607 g/mol. The standard InChI is InChI=1S/C27H38BN3O10S/c1-37-18-6-7-23-21(13-18)38-11-4-2-3-10-31-17(5-8-24(31)33)14-30(42(23,35)36)15-20(32)25(28)29-27(34)41-22-16-40-26-19(22)9-12-39-26/h2-3,6-7,13,17,19-20,22,25-26,32H,4-5,8-12,14-16,28H2,1H3,(H,29,34)/b3-2-/t17-,19?,20-,22+,25-,26-/m1/s1. The van der Waals surface area contributed by atoms with E-state index in [0.29, 0.717) is 38.2 Å². The van der Waals surface area contributed by atoms with Crippen molar-refractivity contribution in [2.75, 3.05) is 46.6 Å². The highest BCUT2D eigenvalue weighted by Gasteiger charge is 2.44. The molecule has 4 aliphatic heterocycles. The van der Waals surface area contributed by atoms with E-state index in [1.807, 2.05) is 12.2 Å². The summed E-state index contributed by atoms with van der Waals surface area (Å²) in [6.07, 6.45) is 2.95. The first kappa shape index (κ1) is 30.6. The number of β-amino-alcohol motifs (C(OH)–C–C–N with tert-alkyl or cyclic N) is 1. The summed E-state index contributed by atoms with van der Waals surface area (Å²) in [4.78, 5) is 26.9. The third kappa shape index (κ3) is 6.70. The molecule has 42 heavy (non-hydrogen) atoms. The van der Waals surface area contributed by atoms with Gasteiger partial charge in [0.2, 0.25) is 15.9 Å². The van der Waals surface area contributed by atoms with Crippen LogP contribution >= 0.6 is 0 Å². The van der Waals surface area contributed by atoms with Crippen LogP contribution in [0.25, 0.3) is 0 Å². The van der Waals surface area contributed by atoms with Crippen molar-refractivity contribution in [2.45, 2.75) is 61.1 Å². The zero-order valence-corrected chi connectivity index (χ0v) is 24.7. The van der Waals surface area contributed by atoms with Crippen molar-refractivity contribution in [1.29, 1.82) is 0 Å². The molecule has 3 saturated heterocycles. The minimum atomic E-state index is -4.23. The molecule has 0 saturated carbocycles. The van der Waals surface area contributed by atoms with Crippen molar-refractivity contribution in [2.24, 2.45) is 5.92 Å². The van der Waals surface area contributed by atoms with Gasteiger partial charge in [0.05, 0.1) is 39.0 Å². The number of sulfonamides is 1. The number of rotatable bonds is 6. The Morgan fingerprint density at radius 1 is 1.24 bits per heavy atom. The molecule has 6 atom stereocenters. The van der Waals surface area contributed by atoms with Gasteiger partial charge in [0, 0.05) is 44.1 Å². The maximum Gasteiger partial charge on any atom is 0.407 e. The molecule has 0 radical (unpaired) electrons. The number of aliphatic hydroxyl groups excluding tert-OH is 1. The molecule has 0 bridgehead atoms. The number of nitrogens with zero attached hydrogens (tertiary/aromatic N) is 2. The SMILES string of the molecule is B[C@H](NC(=O)O[C@H]1CO[C@H]2OCCC21)[C@H](O)CN1C[C@H]2CCC(=O)N2C/C=C\CCOc2cc(OC)ccc2S1(=O)=O. The highest BCUT2D eigenvalue weighted by Crippen LogP contribution is 2.34. The maximum absolute atomic E-state index is 14.1. The van der Waals surface area contributed by atoms with Gasteiger partial charge in [-0.1, -0.05) is 12.2 Å². The van der Waals surface area contributed by atoms with Crippen LogP contribution in [0.4, 0.5) is 4.79 Å². The molecule has 0 aromatic heterocycles. The van der Waals surface area contributed by atoms with Crippen molar-refractivity contribution < 1.29 is 46.8 Å². The van der Waals surface area contributed by atoms with Crippen LogP contribution in [-0.2, 0) is 29.0 Å². The highest BCUT2D eigenvalue weighted by atomic mass is 32.2. The number of methoxy groups -OCH3 is 1. The number of hydrogen-bond donors (Lipinski definition) is 2. The topological polar surface area (TPSA) is 153 Å². The van der Waals surface area contributed by atoms with E-state index < -0.39 is 34.3 Å². The molecule has 4 heterocycles. The summed E-state index contributed by atoms with van der Waals surface area (Å²) in [5.74, 6) is -0.389. The molecule has 0 aliphatic carbocycles. The zero-order valence-electron chi connectivity index (χ0n) is 23.8. The third-order valence-corrected chi connectivity index (χ3v) is 10.1. The molecule has 2 N–H and O–H groups in total. The molecule has 5 rings (SSSR count). The van der Waals surface area contributed by atoms with Gasteiger partial charge in [0.1, 0.15) is 30.3 Å². The first-order valence-electron chi connectivity index (χ1n) is 14.3. The van der Waals surface area contributed by atoms with Gasteiger partial charge in [-0.05, 0) is 31.4 Å². The number of carbonyl (C=O) groups excluding carboxylic acids is 2. The van der Waals surface area contributed by atoms with Gasteiger partial charge in [-0.15, -0.1) is 0 Å². The van der Waals surface area contributed by atoms with Crippen LogP contribution in [-0.4, -0.2) is 120 Å². The third-order valence-electron chi connectivity index (χ3n) is 8.20. The van der Waals surface area contributed by atoms with Gasteiger partial charge in [0.25, 0.3) is 0 Å². The molecule has 3 fully saturated rings. The number of benzene rings is 1.